The van der Waals surface area contributed by atoms with Crippen LogP contribution in [-0.4, -0.2) is 46.8 Å². The molecule has 0 N–H and O–H groups in total. The number of carbonyl (C=O) groups is 1. The van der Waals surface area contributed by atoms with Gasteiger partial charge in [-0.2, -0.15) is 5.10 Å². The quantitative estimate of drug-likeness (QED) is 0.763. The number of likely N-dealkylation sites (tertiary alicyclic amines) is 1. The van der Waals surface area contributed by atoms with E-state index >= 15 is 0 Å². The first kappa shape index (κ1) is 20.6. The summed E-state index contributed by atoms with van der Waals surface area (Å²) in [5, 5.41) is 4.51. The van der Waals surface area contributed by atoms with Crippen LogP contribution in [0.1, 0.15) is 38.2 Å². The van der Waals surface area contributed by atoms with Crippen LogP contribution in [-0.2, 0) is 17.8 Å². The third-order valence-corrected chi connectivity index (χ3v) is 6.58. The molecule has 4 rings (SSSR count). The number of amides is 1. The summed E-state index contributed by atoms with van der Waals surface area (Å²) < 4.78 is 1.34. The second-order valence-electron chi connectivity index (χ2n) is 8.87. The summed E-state index contributed by atoms with van der Waals surface area (Å²) >= 11 is 0. The normalized spacial score (nSPS) is 18.6. The third kappa shape index (κ3) is 5.10. The summed E-state index contributed by atoms with van der Waals surface area (Å²) in [6.45, 7) is 5.72. The van der Waals surface area contributed by atoms with Crippen LogP contribution in [0.25, 0.3) is 0 Å². The summed E-state index contributed by atoms with van der Waals surface area (Å²) in [4.78, 5) is 29.2. The minimum absolute atomic E-state index is 0.00724. The van der Waals surface area contributed by atoms with Crippen molar-refractivity contribution in [3.63, 3.8) is 0 Å². The van der Waals surface area contributed by atoms with E-state index in [-0.39, 0.29) is 18.0 Å². The molecule has 1 amide bonds. The third-order valence-electron chi connectivity index (χ3n) is 6.58. The number of benzene rings is 1. The van der Waals surface area contributed by atoms with Crippen LogP contribution in [0.4, 0.5) is 5.82 Å². The van der Waals surface area contributed by atoms with Crippen LogP contribution < -0.4 is 10.5 Å². The molecule has 6 nitrogen and oxygen atoms in total. The maximum atomic E-state index is 12.8. The Kier molecular flexibility index (Phi) is 6.50. The Labute approximate surface area is 178 Å². The lowest BCUT2D eigenvalue weighted by atomic mass is 9.90. The van der Waals surface area contributed by atoms with Crippen LogP contribution >= 0.6 is 0 Å². The highest BCUT2D eigenvalue weighted by Crippen LogP contribution is 2.22. The van der Waals surface area contributed by atoms with E-state index in [1.54, 1.807) is 12.1 Å². The molecule has 30 heavy (non-hydrogen) atoms. The van der Waals surface area contributed by atoms with Crippen molar-refractivity contribution in [2.24, 2.45) is 11.8 Å². The lowest BCUT2D eigenvalue weighted by Crippen LogP contribution is -2.42. The van der Waals surface area contributed by atoms with E-state index in [9.17, 15) is 9.59 Å². The largest absolute Gasteiger partial charge is 0.355 e. The topological polar surface area (TPSA) is 58.4 Å². The number of aromatic nitrogens is 2. The number of nitrogens with zero attached hydrogens (tertiary/aromatic N) is 4. The molecule has 3 heterocycles. The van der Waals surface area contributed by atoms with Gasteiger partial charge in [0.05, 0.1) is 0 Å². The number of piperidine rings is 2. The van der Waals surface area contributed by atoms with E-state index in [1.807, 2.05) is 11.0 Å². The molecule has 0 saturated carbocycles. The zero-order chi connectivity index (χ0) is 20.9. The van der Waals surface area contributed by atoms with Gasteiger partial charge in [-0.25, -0.2) is 4.68 Å². The fourth-order valence-electron chi connectivity index (χ4n) is 4.52. The summed E-state index contributed by atoms with van der Waals surface area (Å²) in [6.07, 6.45) is 5.36. The maximum absolute atomic E-state index is 12.8. The Morgan fingerprint density at radius 3 is 2.37 bits per heavy atom. The molecule has 0 atom stereocenters. The van der Waals surface area contributed by atoms with Gasteiger partial charge in [-0.1, -0.05) is 37.3 Å². The standard InChI is InChI=1S/C24H32N4O2/c1-19-9-13-26(14-10-19)22-7-8-23(29)28(25-22)18-24(30)27-15-11-21(12-16-27)17-20-5-3-2-4-6-20/h2-8,19,21H,9-18H2,1H3. The molecule has 6 heteroatoms. The van der Waals surface area contributed by atoms with Crippen LogP contribution in [0.2, 0.25) is 0 Å². The second-order valence-corrected chi connectivity index (χ2v) is 8.87. The zero-order valence-electron chi connectivity index (χ0n) is 17.9. The van der Waals surface area contributed by atoms with Crippen LogP contribution in [0, 0.1) is 11.8 Å². The van der Waals surface area contributed by atoms with Crippen molar-refractivity contribution in [2.45, 2.75) is 45.6 Å². The molecule has 2 aromatic rings. The maximum Gasteiger partial charge on any atom is 0.267 e. The van der Waals surface area contributed by atoms with E-state index < -0.39 is 0 Å². The molecular weight excluding hydrogens is 376 g/mol. The molecule has 0 radical (unpaired) electrons. The Morgan fingerprint density at radius 2 is 1.67 bits per heavy atom. The first-order valence-corrected chi connectivity index (χ1v) is 11.2. The van der Waals surface area contributed by atoms with E-state index in [2.05, 4.69) is 41.2 Å². The van der Waals surface area contributed by atoms with E-state index in [0.29, 0.717) is 5.92 Å². The van der Waals surface area contributed by atoms with Crippen molar-refractivity contribution in [2.75, 3.05) is 31.1 Å². The molecule has 2 aliphatic rings. The fourth-order valence-corrected chi connectivity index (χ4v) is 4.52. The highest BCUT2D eigenvalue weighted by molar-refractivity contribution is 5.76. The zero-order valence-corrected chi connectivity index (χ0v) is 17.9. The van der Waals surface area contributed by atoms with E-state index in [4.69, 9.17) is 0 Å². The monoisotopic (exact) mass is 408 g/mol. The molecule has 0 spiro atoms. The van der Waals surface area contributed by atoms with Crippen molar-refractivity contribution < 1.29 is 4.79 Å². The van der Waals surface area contributed by atoms with Crippen molar-refractivity contribution >= 4 is 11.7 Å². The Hall–Kier alpha value is -2.63. The van der Waals surface area contributed by atoms with Crippen LogP contribution in [0.15, 0.2) is 47.3 Å². The van der Waals surface area contributed by atoms with Crippen LogP contribution in [0.3, 0.4) is 0 Å². The molecule has 2 fully saturated rings. The molecule has 1 aromatic carbocycles. The van der Waals surface area contributed by atoms with Crippen molar-refractivity contribution in [1.29, 1.82) is 0 Å². The van der Waals surface area contributed by atoms with Crippen molar-refractivity contribution in [1.82, 2.24) is 14.7 Å². The lowest BCUT2D eigenvalue weighted by molar-refractivity contribution is -0.133. The number of rotatable bonds is 5. The van der Waals surface area contributed by atoms with Gasteiger partial charge in [-0.15, -0.1) is 0 Å². The Balaban J connectivity index is 1.33. The predicted molar refractivity (Wildman–Crippen MR) is 119 cm³/mol. The Bertz CT molecular complexity index is 895. The van der Waals surface area contributed by atoms with Gasteiger partial charge in [0.2, 0.25) is 5.91 Å². The summed E-state index contributed by atoms with van der Waals surface area (Å²) in [5.74, 6) is 2.14. The summed E-state index contributed by atoms with van der Waals surface area (Å²) in [5.41, 5.74) is 1.15. The van der Waals surface area contributed by atoms with Gasteiger partial charge < -0.3 is 9.80 Å². The highest BCUT2D eigenvalue weighted by atomic mass is 16.2. The van der Waals surface area contributed by atoms with E-state index in [0.717, 1.165) is 70.0 Å². The first-order valence-electron chi connectivity index (χ1n) is 11.2. The minimum Gasteiger partial charge on any atom is -0.355 e. The molecule has 0 aliphatic carbocycles. The predicted octanol–water partition coefficient (Wildman–Crippen LogP) is 2.96. The van der Waals surface area contributed by atoms with E-state index in [1.165, 1.54) is 10.2 Å². The number of hydrogen-bond donors (Lipinski definition) is 0. The molecule has 0 unspecified atom stereocenters. The number of carbonyl (C=O) groups excluding carboxylic acids is 1. The first-order chi connectivity index (χ1) is 14.6. The van der Waals surface area contributed by atoms with Gasteiger partial charge in [-0.3, -0.25) is 9.59 Å². The number of anilines is 1. The summed E-state index contributed by atoms with van der Waals surface area (Å²) in [7, 11) is 0. The van der Waals surface area contributed by atoms with Gasteiger partial charge in [0, 0.05) is 32.2 Å². The molecule has 1 aromatic heterocycles. The molecular formula is C24H32N4O2. The highest BCUT2D eigenvalue weighted by Gasteiger charge is 2.24. The van der Waals surface area contributed by atoms with Gasteiger partial charge in [0.1, 0.15) is 12.4 Å². The SMILES string of the molecule is CC1CCN(c2ccc(=O)n(CC(=O)N3CCC(Cc4ccccc4)CC3)n2)CC1. The van der Waals surface area contributed by atoms with Crippen molar-refractivity contribution in [3.8, 4) is 0 Å². The van der Waals surface area contributed by atoms with Gasteiger partial charge in [0.15, 0.2) is 0 Å². The average Bonchev–Trinajstić information content (AvgIpc) is 2.77. The van der Waals surface area contributed by atoms with Gasteiger partial charge >= 0.3 is 0 Å². The molecule has 0 bridgehead atoms. The van der Waals surface area contributed by atoms with Crippen molar-refractivity contribution in [3.05, 3.63) is 58.4 Å². The van der Waals surface area contributed by atoms with Gasteiger partial charge in [-0.05, 0) is 55.6 Å². The Morgan fingerprint density at radius 1 is 0.967 bits per heavy atom. The molecule has 2 aliphatic heterocycles. The molecule has 2 saturated heterocycles. The number of hydrogen-bond acceptors (Lipinski definition) is 4. The second kappa shape index (κ2) is 9.45. The lowest BCUT2D eigenvalue weighted by Gasteiger charge is -2.32. The summed E-state index contributed by atoms with van der Waals surface area (Å²) in [6, 6.07) is 13.9. The van der Waals surface area contributed by atoms with Crippen LogP contribution in [0.5, 0.6) is 0 Å². The minimum atomic E-state index is -0.212. The fraction of sp³-hybridized carbons (Fsp3) is 0.542. The molecule has 160 valence electrons. The average molecular weight is 409 g/mol. The smallest absolute Gasteiger partial charge is 0.267 e. The van der Waals surface area contributed by atoms with Gasteiger partial charge in [0.25, 0.3) is 5.56 Å².